The van der Waals surface area contributed by atoms with Gasteiger partial charge in [0.25, 0.3) is 0 Å². The van der Waals surface area contributed by atoms with Crippen LogP contribution in [-0.2, 0) is 32.7 Å². The van der Waals surface area contributed by atoms with Gasteiger partial charge in [0.05, 0.1) is 19.9 Å². The number of ether oxygens (including phenoxy) is 1. The minimum absolute atomic E-state index is 0.0668. The number of benzene rings is 2. The van der Waals surface area contributed by atoms with E-state index in [9.17, 15) is 18.0 Å². The Labute approximate surface area is 190 Å². The number of carbonyl (C=O) groups is 2. The number of nitrogens with one attached hydrogen (secondary N) is 1. The SMILES string of the molecule is CCNC(=O)[C@H](C)N(Cc1ccc(OC)cc1)C(=O)CN(Cc1ccccc1)S(C)(=O)=O. The number of methoxy groups -OCH3 is 1. The fraction of sp³-hybridized carbons (Fsp3) is 0.391. The lowest BCUT2D eigenvalue weighted by Gasteiger charge is -2.31. The first-order chi connectivity index (χ1) is 15.2. The lowest BCUT2D eigenvalue weighted by molar-refractivity contribution is -0.140. The molecule has 2 aromatic carbocycles. The van der Waals surface area contributed by atoms with E-state index in [4.69, 9.17) is 4.74 Å². The van der Waals surface area contributed by atoms with Gasteiger partial charge in [0.15, 0.2) is 0 Å². The van der Waals surface area contributed by atoms with Gasteiger partial charge in [-0.2, -0.15) is 4.31 Å². The van der Waals surface area contributed by atoms with Gasteiger partial charge in [0.2, 0.25) is 21.8 Å². The highest BCUT2D eigenvalue weighted by Gasteiger charge is 2.29. The van der Waals surface area contributed by atoms with Crippen LogP contribution in [0.1, 0.15) is 25.0 Å². The molecule has 0 aliphatic heterocycles. The molecule has 8 nitrogen and oxygen atoms in total. The summed E-state index contributed by atoms with van der Waals surface area (Å²) in [6.45, 7) is 3.71. The molecule has 0 aliphatic rings. The van der Waals surface area contributed by atoms with Gasteiger partial charge in [-0.15, -0.1) is 0 Å². The zero-order chi connectivity index (χ0) is 23.7. The molecule has 0 bridgehead atoms. The van der Waals surface area contributed by atoms with Crippen LogP contribution in [0.15, 0.2) is 54.6 Å². The molecule has 0 unspecified atom stereocenters. The Morgan fingerprint density at radius 3 is 2.12 bits per heavy atom. The van der Waals surface area contributed by atoms with Crippen molar-refractivity contribution in [2.45, 2.75) is 33.0 Å². The maximum absolute atomic E-state index is 13.3. The van der Waals surface area contributed by atoms with Gasteiger partial charge < -0.3 is 15.0 Å². The van der Waals surface area contributed by atoms with Crippen LogP contribution in [0, 0.1) is 0 Å². The molecule has 2 amide bonds. The summed E-state index contributed by atoms with van der Waals surface area (Å²) in [6.07, 6.45) is 1.07. The Hall–Kier alpha value is -2.91. The first kappa shape index (κ1) is 25.4. The summed E-state index contributed by atoms with van der Waals surface area (Å²) >= 11 is 0. The Morgan fingerprint density at radius 2 is 1.59 bits per heavy atom. The van der Waals surface area contributed by atoms with Gasteiger partial charge >= 0.3 is 0 Å². The number of sulfonamides is 1. The fourth-order valence-corrected chi connectivity index (χ4v) is 3.88. The van der Waals surface area contributed by atoms with Crippen molar-refractivity contribution >= 4 is 21.8 Å². The van der Waals surface area contributed by atoms with Crippen LogP contribution in [0.25, 0.3) is 0 Å². The summed E-state index contributed by atoms with van der Waals surface area (Å²) in [5.41, 5.74) is 1.56. The molecule has 0 heterocycles. The smallest absolute Gasteiger partial charge is 0.242 e. The Balaban J connectivity index is 2.28. The van der Waals surface area contributed by atoms with Crippen molar-refractivity contribution < 1.29 is 22.7 Å². The molecule has 174 valence electrons. The molecule has 32 heavy (non-hydrogen) atoms. The zero-order valence-electron chi connectivity index (χ0n) is 18.9. The minimum atomic E-state index is -3.66. The normalized spacial score (nSPS) is 12.3. The molecule has 0 radical (unpaired) electrons. The Morgan fingerprint density at radius 1 is 1.00 bits per heavy atom. The number of likely N-dealkylation sites (N-methyl/N-ethyl adjacent to an activating group) is 1. The second kappa shape index (κ2) is 11.6. The Bertz CT molecular complexity index is 994. The van der Waals surface area contributed by atoms with E-state index in [1.54, 1.807) is 45.2 Å². The lowest BCUT2D eigenvalue weighted by Crippen LogP contribution is -2.50. The molecule has 9 heteroatoms. The summed E-state index contributed by atoms with van der Waals surface area (Å²) in [5.74, 6) is -0.0845. The van der Waals surface area contributed by atoms with E-state index in [0.717, 1.165) is 21.7 Å². The molecular weight excluding hydrogens is 430 g/mol. The third kappa shape index (κ3) is 7.35. The van der Waals surface area contributed by atoms with Crippen molar-refractivity contribution in [2.75, 3.05) is 26.5 Å². The van der Waals surface area contributed by atoms with Crippen LogP contribution in [-0.4, -0.2) is 61.9 Å². The minimum Gasteiger partial charge on any atom is -0.497 e. The molecule has 0 fully saturated rings. The molecule has 0 saturated heterocycles. The number of hydrogen-bond donors (Lipinski definition) is 1. The van der Waals surface area contributed by atoms with Crippen LogP contribution < -0.4 is 10.1 Å². The monoisotopic (exact) mass is 461 g/mol. The van der Waals surface area contributed by atoms with Crippen molar-refractivity contribution in [3.05, 3.63) is 65.7 Å². The number of nitrogens with zero attached hydrogens (tertiary/aromatic N) is 2. The number of hydrogen-bond acceptors (Lipinski definition) is 5. The average Bonchev–Trinajstić information content (AvgIpc) is 2.77. The van der Waals surface area contributed by atoms with Crippen molar-refractivity contribution in [3.8, 4) is 5.75 Å². The molecule has 2 aromatic rings. The highest BCUT2D eigenvalue weighted by Crippen LogP contribution is 2.16. The topological polar surface area (TPSA) is 96.0 Å². The fourth-order valence-electron chi connectivity index (χ4n) is 3.15. The van der Waals surface area contributed by atoms with Gasteiger partial charge in [-0.25, -0.2) is 8.42 Å². The maximum atomic E-state index is 13.3. The third-order valence-corrected chi connectivity index (χ3v) is 6.21. The van der Waals surface area contributed by atoms with Crippen LogP contribution in [0.3, 0.4) is 0 Å². The predicted octanol–water partition coefficient (Wildman–Crippen LogP) is 2.01. The largest absolute Gasteiger partial charge is 0.497 e. The van der Waals surface area contributed by atoms with E-state index in [0.29, 0.717) is 12.3 Å². The number of rotatable bonds is 11. The first-order valence-corrected chi connectivity index (χ1v) is 12.2. The molecular formula is C23H31N3O5S. The number of carbonyl (C=O) groups excluding carboxylic acids is 2. The van der Waals surface area contributed by atoms with Crippen molar-refractivity contribution in [3.63, 3.8) is 0 Å². The second-order valence-corrected chi connectivity index (χ2v) is 9.44. The average molecular weight is 462 g/mol. The molecule has 0 spiro atoms. The molecule has 1 atom stereocenters. The lowest BCUT2D eigenvalue weighted by atomic mass is 10.1. The van der Waals surface area contributed by atoms with Crippen molar-refractivity contribution in [2.24, 2.45) is 0 Å². The number of amides is 2. The van der Waals surface area contributed by atoms with Gasteiger partial charge in [-0.3, -0.25) is 9.59 Å². The zero-order valence-corrected chi connectivity index (χ0v) is 19.8. The van der Waals surface area contributed by atoms with E-state index in [2.05, 4.69) is 5.32 Å². The van der Waals surface area contributed by atoms with E-state index in [1.165, 1.54) is 4.90 Å². The maximum Gasteiger partial charge on any atom is 0.242 e. The standard InChI is InChI=1S/C23H31N3O5S/c1-5-24-23(28)18(2)26(16-20-11-13-21(31-3)14-12-20)22(27)17-25(32(4,29)30)15-19-9-7-6-8-10-19/h6-14,18H,5,15-17H2,1-4H3,(H,24,28)/t18-/m0/s1. The van der Waals surface area contributed by atoms with Crippen molar-refractivity contribution in [1.29, 1.82) is 0 Å². The highest BCUT2D eigenvalue weighted by atomic mass is 32.2. The Kier molecular flexibility index (Phi) is 9.22. The summed E-state index contributed by atoms with van der Waals surface area (Å²) in [4.78, 5) is 27.2. The van der Waals surface area contributed by atoms with E-state index in [1.807, 2.05) is 30.3 Å². The van der Waals surface area contributed by atoms with Crippen LogP contribution in [0.2, 0.25) is 0 Å². The van der Waals surface area contributed by atoms with Crippen LogP contribution in [0.5, 0.6) is 5.75 Å². The van der Waals surface area contributed by atoms with Gasteiger partial charge in [-0.1, -0.05) is 42.5 Å². The van der Waals surface area contributed by atoms with Crippen LogP contribution in [0.4, 0.5) is 0 Å². The molecule has 0 aliphatic carbocycles. The predicted molar refractivity (Wildman–Crippen MR) is 123 cm³/mol. The summed E-state index contributed by atoms with van der Waals surface area (Å²) in [5, 5.41) is 2.72. The van der Waals surface area contributed by atoms with E-state index < -0.39 is 22.0 Å². The molecule has 2 rings (SSSR count). The quantitative estimate of drug-likeness (QED) is 0.552. The summed E-state index contributed by atoms with van der Waals surface area (Å²) in [7, 11) is -2.10. The first-order valence-electron chi connectivity index (χ1n) is 10.3. The molecule has 0 aromatic heterocycles. The van der Waals surface area contributed by atoms with E-state index in [-0.39, 0.29) is 25.5 Å². The third-order valence-electron chi connectivity index (χ3n) is 5.01. The van der Waals surface area contributed by atoms with Crippen molar-refractivity contribution in [1.82, 2.24) is 14.5 Å². The second-order valence-electron chi connectivity index (χ2n) is 7.46. The highest BCUT2D eigenvalue weighted by molar-refractivity contribution is 7.88. The van der Waals surface area contributed by atoms with Gasteiger partial charge in [-0.05, 0) is 37.1 Å². The molecule has 0 saturated carbocycles. The van der Waals surface area contributed by atoms with Gasteiger partial charge in [0, 0.05) is 19.6 Å². The van der Waals surface area contributed by atoms with Crippen LogP contribution >= 0.6 is 0 Å². The van der Waals surface area contributed by atoms with E-state index >= 15 is 0 Å². The van der Waals surface area contributed by atoms with Gasteiger partial charge in [0.1, 0.15) is 11.8 Å². The summed E-state index contributed by atoms with van der Waals surface area (Å²) in [6, 6.07) is 15.4. The summed E-state index contributed by atoms with van der Waals surface area (Å²) < 4.78 is 31.1. The molecule has 1 N–H and O–H groups in total.